The van der Waals surface area contributed by atoms with E-state index < -0.39 is 5.97 Å². The Morgan fingerprint density at radius 3 is 1.14 bits per heavy atom. The van der Waals surface area contributed by atoms with Crippen molar-refractivity contribution in [1.82, 2.24) is 0 Å². The molecule has 488 valence electrons. The second-order valence-corrected chi connectivity index (χ2v) is 25.6. The first-order chi connectivity index (χ1) is 41.3. The molecule has 7 atom stereocenters. The summed E-state index contributed by atoms with van der Waals surface area (Å²) in [6.07, 6.45) is 82.8. The summed E-state index contributed by atoms with van der Waals surface area (Å²) in [5.74, 6) is -0.530. The standard InChI is InChI=1S/C25H44O4.C25H44O2.C18H36O.C7H10O2/c1-2-3-4-5-8-11-14-21-22(28-21)15-12-9-6-7-10-13-18-27-25(26)20-16-17-23-24(19-20)29-23;1-2-3-4-5-6-7-8-9-10-11-12-13-14-15-16-20-23-27-25(26)24-21-18-17-19-22-24;1-2-3-4-5-6-7-8-9-10-11-12-13-14-15-16-17-18-19;8-7(9)6-4-2-1-3-5-6/h20-24H,2-19H2,1H3;9-10,17-18,24H,2-8,11-16,19-23H2,1H3;9-10,19H,2-8,11-18H2,1H3;1-2,6H,3-5H2,(H,8,9)/b;2*10-9+;. The Hall–Kier alpha value is -2.75. The molecule has 0 aromatic heterocycles. The molecule has 0 spiro atoms. The zero-order valence-corrected chi connectivity index (χ0v) is 55.1. The lowest BCUT2D eigenvalue weighted by Gasteiger charge is -2.17. The molecule has 7 unspecified atom stereocenters. The summed E-state index contributed by atoms with van der Waals surface area (Å²) in [6.45, 7) is 8.39. The third-order valence-corrected chi connectivity index (χ3v) is 17.8. The molecule has 0 radical (unpaired) electrons. The summed E-state index contributed by atoms with van der Waals surface area (Å²) < 4.78 is 22.2. The molecule has 3 aliphatic carbocycles. The fraction of sp³-hybridized carbons (Fsp3) is 0.853. The van der Waals surface area contributed by atoms with E-state index in [2.05, 4.69) is 57.2 Å². The number of unbranched alkanes of at least 4 members (excludes halogenated alkanes) is 34. The van der Waals surface area contributed by atoms with Crippen LogP contribution in [0.2, 0.25) is 0 Å². The van der Waals surface area contributed by atoms with Gasteiger partial charge in [-0.3, -0.25) is 14.4 Å². The number of esters is 2. The number of carbonyl (C=O) groups excluding carboxylic acids is 2. The number of fused-ring (bicyclic) bond motifs is 1. The van der Waals surface area contributed by atoms with Gasteiger partial charge in [0.15, 0.2) is 0 Å². The van der Waals surface area contributed by atoms with Gasteiger partial charge < -0.3 is 29.2 Å². The fourth-order valence-electron chi connectivity index (χ4n) is 11.9. The molecule has 2 aliphatic heterocycles. The predicted molar refractivity (Wildman–Crippen MR) is 353 cm³/mol. The third-order valence-electron chi connectivity index (χ3n) is 17.8. The number of carboxylic acid groups (broad SMARTS) is 1. The van der Waals surface area contributed by atoms with Crippen LogP contribution in [0.3, 0.4) is 0 Å². The molecule has 2 heterocycles. The molecular weight excluding hydrogens is 1040 g/mol. The molecule has 0 aromatic carbocycles. The van der Waals surface area contributed by atoms with Gasteiger partial charge in [0.25, 0.3) is 0 Å². The molecule has 0 bridgehead atoms. The lowest BCUT2D eigenvalue weighted by atomic mass is 9.89. The Bertz CT molecular complexity index is 1620. The van der Waals surface area contributed by atoms with Gasteiger partial charge >= 0.3 is 17.9 Å². The van der Waals surface area contributed by atoms with Crippen molar-refractivity contribution in [3.05, 3.63) is 48.6 Å². The van der Waals surface area contributed by atoms with E-state index in [1.165, 1.54) is 250 Å². The molecule has 0 aromatic rings. The van der Waals surface area contributed by atoms with E-state index in [4.69, 9.17) is 29.2 Å². The minimum Gasteiger partial charge on any atom is -0.481 e. The van der Waals surface area contributed by atoms with E-state index in [0.717, 1.165) is 77.0 Å². The monoisotopic (exact) mass is 1180 g/mol. The van der Waals surface area contributed by atoms with E-state index in [9.17, 15) is 14.4 Å². The summed E-state index contributed by atoms with van der Waals surface area (Å²) in [4.78, 5) is 34.3. The van der Waals surface area contributed by atoms with Crippen molar-refractivity contribution in [2.24, 2.45) is 17.8 Å². The number of carbonyl (C=O) groups is 3. The molecule has 2 N–H and O–H groups in total. The van der Waals surface area contributed by atoms with Crippen LogP contribution in [0, 0.1) is 17.8 Å². The highest BCUT2D eigenvalue weighted by Gasteiger charge is 2.46. The van der Waals surface area contributed by atoms with Crippen LogP contribution in [-0.4, -0.2) is 72.4 Å². The van der Waals surface area contributed by atoms with Crippen molar-refractivity contribution >= 4 is 17.9 Å². The number of rotatable bonds is 50. The van der Waals surface area contributed by atoms with Crippen LogP contribution in [0.5, 0.6) is 0 Å². The van der Waals surface area contributed by atoms with Gasteiger partial charge in [-0.05, 0) is 141 Å². The molecule has 2 saturated heterocycles. The lowest BCUT2D eigenvalue weighted by molar-refractivity contribution is -0.150. The van der Waals surface area contributed by atoms with Crippen molar-refractivity contribution in [3.63, 3.8) is 0 Å². The summed E-state index contributed by atoms with van der Waals surface area (Å²) in [6, 6.07) is 0. The van der Waals surface area contributed by atoms with E-state index >= 15 is 0 Å². The molecule has 9 nitrogen and oxygen atoms in total. The van der Waals surface area contributed by atoms with E-state index in [1.54, 1.807) is 0 Å². The number of hydrogen-bond acceptors (Lipinski definition) is 8. The van der Waals surface area contributed by atoms with Gasteiger partial charge in [-0.25, -0.2) is 0 Å². The van der Waals surface area contributed by atoms with Crippen molar-refractivity contribution < 1.29 is 43.5 Å². The maximum Gasteiger partial charge on any atom is 0.309 e. The van der Waals surface area contributed by atoms with Gasteiger partial charge in [0.1, 0.15) is 0 Å². The van der Waals surface area contributed by atoms with Gasteiger partial charge in [-0.2, -0.15) is 0 Å². The van der Waals surface area contributed by atoms with E-state index in [1.807, 2.05) is 12.2 Å². The molecule has 3 fully saturated rings. The van der Waals surface area contributed by atoms with Crippen LogP contribution in [0.4, 0.5) is 0 Å². The number of allylic oxidation sites excluding steroid dienone is 8. The molecule has 5 rings (SSSR count). The first-order valence-corrected chi connectivity index (χ1v) is 36.4. The Labute approximate surface area is 518 Å². The topological polar surface area (TPSA) is 135 Å². The molecule has 84 heavy (non-hydrogen) atoms. The van der Waals surface area contributed by atoms with Crippen LogP contribution in [0.25, 0.3) is 0 Å². The smallest absolute Gasteiger partial charge is 0.309 e. The van der Waals surface area contributed by atoms with Crippen LogP contribution >= 0.6 is 0 Å². The second kappa shape index (κ2) is 58.0. The van der Waals surface area contributed by atoms with Crippen molar-refractivity contribution in [1.29, 1.82) is 0 Å². The van der Waals surface area contributed by atoms with E-state index in [-0.39, 0.29) is 29.7 Å². The Balaban J connectivity index is 0.000000406. The largest absolute Gasteiger partial charge is 0.481 e. The number of ether oxygens (including phenoxy) is 4. The third kappa shape index (κ3) is 47.3. The Morgan fingerprint density at radius 1 is 0.405 bits per heavy atom. The van der Waals surface area contributed by atoms with Gasteiger partial charge in [-0.15, -0.1) is 0 Å². The summed E-state index contributed by atoms with van der Waals surface area (Å²) in [5, 5.41) is 17.2. The minimum absolute atomic E-state index is 0.0129. The van der Waals surface area contributed by atoms with Crippen LogP contribution in [0.1, 0.15) is 348 Å². The van der Waals surface area contributed by atoms with Gasteiger partial charge in [0, 0.05) is 6.61 Å². The number of epoxide rings is 2. The first kappa shape index (κ1) is 77.3. The number of aliphatic hydroxyl groups excluding tert-OH is 1. The average molecular weight is 1180 g/mol. The Morgan fingerprint density at radius 2 is 0.774 bits per heavy atom. The zero-order chi connectivity index (χ0) is 60.4. The molecule has 1 saturated carbocycles. The number of carboxylic acids is 1. The van der Waals surface area contributed by atoms with Crippen LogP contribution in [0.15, 0.2) is 48.6 Å². The number of hydrogen-bond donors (Lipinski definition) is 2. The van der Waals surface area contributed by atoms with Crippen LogP contribution in [-0.2, 0) is 33.3 Å². The predicted octanol–water partition coefficient (Wildman–Crippen LogP) is 21.7. The maximum atomic E-state index is 12.1. The highest BCUT2D eigenvalue weighted by molar-refractivity contribution is 5.73. The highest BCUT2D eigenvalue weighted by Crippen LogP contribution is 2.40. The van der Waals surface area contributed by atoms with Crippen LogP contribution < -0.4 is 0 Å². The summed E-state index contributed by atoms with van der Waals surface area (Å²) in [7, 11) is 0. The van der Waals surface area contributed by atoms with Gasteiger partial charge in [-0.1, -0.05) is 256 Å². The van der Waals surface area contributed by atoms with E-state index in [0.29, 0.717) is 44.2 Å². The Kier molecular flexibility index (Phi) is 53.4. The fourth-order valence-corrected chi connectivity index (χ4v) is 11.9. The first-order valence-electron chi connectivity index (χ1n) is 36.4. The zero-order valence-electron chi connectivity index (χ0n) is 55.1. The number of aliphatic carboxylic acids is 1. The van der Waals surface area contributed by atoms with Crippen molar-refractivity contribution in [2.45, 2.75) is 373 Å². The second-order valence-electron chi connectivity index (χ2n) is 25.6. The normalized spacial score (nSPS) is 21.2. The quantitative estimate of drug-likeness (QED) is 0.0264. The lowest BCUT2D eigenvalue weighted by Crippen LogP contribution is -2.24. The molecule has 5 aliphatic rings. The summed E-state index contributed by atoms with van der Waals surface area (Å²) >= 11 is 0. The average Bonchev–Trinajstić information content (AvgIpc) is 4.61. The summed E-state index contributed by atoms with van der Waals surface area (Å²) in [5.41, 5.74) is 0. The highest BCUT2D eigenvalue weighted by atomic mass is 16.6. The minimum atomic E-state index is -0.653. The maximum absolute atomic E-state index is 12.1. The van der Waals surface area contributed by atoms with Gasteiger partial charge in [0.05, 0.1) is 55.4 Å². The van der Waals surface area contributed by atoms with Crippen molar-refractivity contribution in [3.8, 4) is 0 Å². The van der Waals surface area contributed by atoms with Crippen molar-refractivity contribution in [2.75, 3.05) is 19.8 Å². The molecular formula is C75H134O9. The number of aliphatic hydroxyl groups is 1. The molecule has 9 heteroatoms. The SMILES string of the molecule is CCCCCCCC/C=C/CCCCCCCCO.CCCCCCCC/C=C/CCCCCCCCOC(=O)C1CC=CCC1.CCCCCCCCC1OC1CCCCCCCCOC(=O)C1CCC2OC2C1.O=C(O)C1CC=CCC1. The molecule has 0 amide bonds. The van der Waals surface area contributed by atoms with Gasteiger partial charge in [0.2, 0.25) is 0 Å².